The molecular weight excluding hydrogens is 262 g/mol. The normalized spacial score (nSPS) is 14.3. The van der Waals surface area contributed by atoms with Crippen LogP contribution >= 0.6 is 0 Å². The van der Waals surface area contributed by atoms with E-state index in [4.69, 9.17) is 0 Å². The predicted molar refractivity (Wildman–Crippen MR) is 81.6 cm³/mol. The van der Waals surface area contributed by atoms with Crippen LogP contribution in [0, 0.1) is 0 Å². The van der Waals surface area contributed by atoms with E-state index in [-0.39, 0.29) is 5.78 Å². The van der Waals surface area contributed by atoms with Gasteiger partial charge in [0.25, 0.3) is 0 Å². The van der Waals surface area contributed by atoms with Crippen LogP contribution in [0.3, 0.4) is 0 Å². The van der Waals surface area contributed by atoms with Crippen LogP contribution < -0.4 is 0 Å². The molecule has 2 aromatic heterocycles. The van der Waals surface area contributed by atoms with Crippen molar-refractivity contribution < 1.29 is 4.79 Å². The molecule has 0 amide bonds. The molecule has 0 saturated carbocycles. The fourth-order valence-corrected chi connectivity index (χ4v) is 3.27. The van der Waals surface area contributed by atoms with Gasteiger partial charge in [-0.1, -0.05) is 18.2 Å². The highest BCUT2D eigenvalue weighted by Gasteiger charge is 2.24. The van der Waals surface area contributed by atoms with Gasteiger partial charge in [-0.15, -0.1) is 0 Å². The Hall–Kier alpha value is -2.36. The average Bonchev–Trinajstić information content (AvgIpc) is 3.09. The van der Waals surface area contributed by atoms with Crippen LogP contribution in [0.5, 0.6) is 0 Å². The average molecular weight is 279 g/mol. The first-order valence-corrected chi connectivity index (χ1v) is 7.41. The van der Waals surface area contributed by atoms with Crippen molar-refractivity contribution in [3.63, 3.8) is 0 Å². The van der Waals surface area contributed by atoms with E-state index in [1.54, 1.807) is 6.20 Å². The van der Waals surface area contributed by atoms with E-state index in [2.05, 4.69) is 9.97 Å². The van der Waals surface area contributed by atoms with Crippen LogP contribution in [0.25, 0.3) is 10.9 Å². The number of fused-ring (bicyclic) bond motifs is 2. The summed E-state index contributed by atoms with van der Waals surface area (Å²) < 4.78 is 1.98. The Morgan fingerprint density at radius 2 is 2.05 bits per heavy atom. The lowest BCUT2D eigenvalue weighted by molar-refractivity contribution is 0.102. The van der Waals surface area contributed by atoms with E-state index in [0.717, 1.165) is 29.4 Å². The smallest absolute Gasteiger partial charge is 0.230 e. The summed E-state index contributed by atoms with van der Waals surface area (Å²) in [6.45, 7) is 0. The molecule has 1 aromatic carbocycles. The van der Waals surface area contributed by atoms with Gasteiger partial charge in [-0.3, -0.25) is 4.79 Å². The zero-order valence-electron chi connectivity index (χ0n) is 12.0. The second-order valence-corrected chi connectivity index (χ2v) is 5.67. The van der Waals surface area contributed by atoms with Gasteiger partial charge in [0, 0.05) is 29.8 Å². The summed E-state index contributed by atoms with van der Waals surface area (Å²) >= 11 is 0. The lowest BCUT2D eigenvalue weighted by Crippen LogP contribution is -2.10. The first-order valence-electron chi connectivity index (χ1n) is 7.41. The van der Waals surface area contributed by atoms with Gasteiger partial charge < -0.3 is 9.55 Å². The van der Waals surface area contributed by atoms with Gasteiger partial charge in [-0.05, 0) is 31.7 Å². The maximum absolute atomic E-state index is 12.9. The molecule has 0 aliphatic heterocycles. The molecule has 3 aromatic rings. The fraction of sp³-hybridized carbons (Fsp3) is 0.294. The van der Waals surface area contributed by atoms with Crippen LogP contribution in [-0.2, 0) is 19.9 Å². The zero-order chi connectivity index (χ0) is 14.4. The number of nitrogens with zero attached hydrogens (tertiary/aromatic N) is 2. The molecule has 0 bridgehead atoms. The van der Waals surface area contributed by atoms with E-state index < -0.39 is 0 Å². The highest BCUT2D eigenvalue weighted by molar-refractivity contribution is 6.14. The monoisotopic (exact) mass is 279 g/mol. The van der Waals surface area contributed by atoms with Gasteiger partial charge in [0.05, 0.1) is 11.3 Å². The van der Waals surface area contributed by atoms with Crippen molar-refractivity contribution in [3.05, 3.63) is 53.2 Å². The SMILES string of the molecule is Cn1c(C(=O)c2c[nH]c3ccccc23)nc2c1CCCC2. The summed E-state index contributed by atoms with van der Waals surface area (Å²) in [6.07, 6.45) is 6.17. The molecular formula is C17H17N3O. The number of hydrogen-bond donors (Lipinski definition) is 1. The summed E-state index contributed by atoms with van der Waals surface area (Å²) in [5.41, 5.74) is 4.02. The number of imidazole rings is 1. The van der Waals surface area contributed by atoms with Crippen molar-refractivity contribution in [1.82, 2.24) is 14.5 Å². The Kier molecular flexibility index (Phi) is 2.70. The van der Waals surface area contributed by atoms with Gasteiger partial charge in [0.2, 0.25) is 5.78 Å². The first-order chi connectivity index (χ1) is 10.3. The topological polar surface area (TPSA) is 50.7 Å². The van der Waals surface area contributed by atoms with Crippen molar-refractivity contribution in [3.8, 4) is 0 Å². The molecule has 0 radical (unpaired) electrons. The Balaban J connectivity index is 1.83. The fourth-order valence-electron chi connectivity index (χ4n) is 3.27. The molecule has 1 aliphatic rings. The molecule has 21 heavy (non-hydrogen) atoms. The molecule has 4 rings (SSSR count). The summed E-state index contributed by atoms with van der Waals surface area (Å²) in [4.78, 5) is 20.6. The number of ketones is 1. The van der Waals surface area contributed by atoms with E-state index in [0.29, 0.717) is 11.4 Å². The van der Waals surface area contributed by atoms with Crippen molar-refractivity contribution in [1.29, 1.82) is 0 Å². The Morgan fingerprint density at radius 3 is 2.90 bits per heavy atom. The highest BCUT2D eigenvalue weighted by Crippen LogP contribution is 2.25. The van der Waals surface area contributed by atoms with Crippen molar-refractivity contribution in [2.75, 3.05) is 0 Å². The van der Waals surface area contributed by atoms with Gasteiger partial charge in [-0.25, -0.2) is 4.98 Å². The molecule has 106 valence electrons. The third-order valence-corrected chi connectivity index (χ3v) is 4.41. The molecule has 4 heteroatoms. The standard InChI is InChI=1S/C17H17N3O/c1-20-15-9-5-4-8-14(15)19-17(20)16(21)12-10-18-13-7-3-2-6-11(12)13/h2-3,6-7,10,18H,4-5,8-9H2,1H3. The van der Waals surface area contributed by atoms with Gasteiger partial charge in [0.1, 0.15) is 0 Å². The van der Waals surface area contributed by atoms with Crippen LogP contribution in [0.15, 0.2) is 30.5 Å². The molecule has 4 nitrogen and oxygen atoms in total. The largest absolute Gasteiger partial charge is 0.360 e. The van der Waals surface area contributed by atoms with Crippen molar-refractivity contribution >= 4 is 16.7 Å². The molecule has 0 saturated heterocycles. The highest BCUT2D eigenvalue weighted by atomic mass is 16.1. The molecule has 1 N–H and O–H groups in total. The number of aromatic amines is 1. The second kappa shape index (κ2) is 4.58. The molecule has 0 fully saturated rings. The third kappa shape index (κ3) is 1.82. The number of rotatable bonds is 2. The molecule has 0 atom stereocenters. The summed E-state index contributed by atoms with van der Waals surface area (Å²) in [6, 6.07) is 7.88. The van der Waals surface area contributed by atoms with Gasteiger partial charge in [0.15, 0.2) is 5.82 Å². The number of carbonyl (C=O) groups is 1. The quantitative estimate of drug-likeness (QED) is 0.733. The Bertz CT molecular complexity index is 841. The number of benzene rings is 1. The maximum Gasteiger partial charge on any atom is 0.230 e. The number of H-pyrrole nitrogens is 1. The molecule has 2 heterocycles. The summed E-state index contributed by atoms with van der Waals surface area (Å²) in [5.74, 6) is 0.566. The molecule has 0 unspecified atom stereocenters. The second-order valence-electron chi connectivity index (χ2n) is 5.67. The predicted octanol–water partition coefficient (Wildman–Crippen LogP) is 3.01. The van der Waals surface area contributed by atoms with Crippen LogP contribution in [0.2, 0.25) is 0 Å². The zero-order valence-corrected chi connectivity index (χ0v) is 12.0. The Labute approximate surface area is 122 Å². The minimum atomic E-state index is 0.00403. The minimum Gasteiger partial charge on any atom is -0.360 e. The van der Waals surface area contributed by atoms with Crippen LogP contribution in [0.4, 0.5) is 0 Å². The van der Waals surface area contributed by atoms with E-state index in [1.807, 2.05) is 35.9 Å². The summed E-state index contributed by atoms with van der Waals surface area (Å²) in [7, 11) is 1.96. The minimum absolute atomic E-state index is 0.00403. The number of aryl methyl sites for hydroxylation is 1. The van der Waals surface area contributed by atoms with Crippen LogP contribution in [-0.4, -0.2) is 20.3 Å². The van der Waals surface area contributed by atoms with Crippen molar-refractivity contribution in [2.24, 2.45) is 7.05 Å². The van der Waals surface area contributed by atoms with Gasteiger partial charge in [-0.2, -0.15) is 0 Å². The maximum atomic E-state index is 12.9. The van der Waals surface area contributed by atoms with E-state index in [9.17, 15) is 4.79 Å². The number of para-hydroxylation sites is 1. The lowest BCUT2D eigenvalue weighted by atomic mass is 10.0. The van der Waals surface area contributed by atoms with E-state index >= 15 is 0 Å². The Morgan fingerprint density at radius 1 is 1.24 bits per heavy atom. The molecule has 0 spiro atoms. The van der Waals surface area contributed by atoms with Gasteiger partial charge >= 0.3 is 0 Å². The lowest BCUT2D eigenvalue weighted by Gasteiger charge is -2.11. The third-order valence-electron chi connectivity index (χ3n) is 4.41. The van der Waals surface area contributed by atoms with Crippen LogP contribution in [0.1, 0.15) is 40.4 Å². The number of nitrogens with one attached hydrogen (secondary N) is 1. The summed E-state index contributed by atoms with van der Waals surface area (Å²) in [5, 5.41) is 0.962. The van der Waals surface area contributed by atoms with E-state index in [1.165, 1.54) is 18.5 Å². The van der Waals surface area contributed by atoms with Crippen molar-refractivity contribution in [2.45, 2.75) is 25.7 Å². The first kappa shape index (κ1) is 12.4. The number of carbonyl (C=O) groups excluding carboxylic acids is 1. The molecule has 1 aliphatic carbocycles. The number of aromatic nitrogens is 3. The number of hydrogen-bond acceptors (Lipinski definition) is 2.